The van der Waals surface area contributed by atoms with Gasteiger partial charge in [-0.25, -0.2) is 0 Å². The number of likely N-dealkylation sites (tertiary alicyclic amines) is 1. The van der Waals surface area contributed by atoms with E-state index in [0.29, 0.717) is 17.7 Å². The monoisotopic (exact) mass is 275 g/mol. The summed E-state index contributed by atoms with van der Waals surface area (Å²) in [6.45, 7) is 1.81. The van der Waals surface area contributed by atoms with E-state index in [1.54, 1.807) is 12.1 Å². The molecule has 1 heterocycles. The molecule has 0 bridgehead atoms. The molecule has 3 N–H and O–H groups in total. The standard InChI is InChI=1S/C14H17N3O3/c1-8-4-3-5-9(12(8)15)13(19)16-10-6-7-11(18)17(2)14(10)20/h3-5,10H,6-7,15H2,1-2H3,(H,16,19). The van der Waals surface area contributed by atoms with E-state index in [1.807, 2.05) is 13.0 Å². The van der Waals surface area contributed by atoms with Gasteiger partial charge in [0, 0.05) is 19.2 Å². The summed E-state index contributed by atoms with van der Waals surface area (Å²) in [5.41, 5.74) is 7.41. The van der Waals surface area contributed by atoms with Crippen LogP contribution in [-0.4, -0.2) is 35.7 Å². The van der Waals surface area contributed by atoms with E-state index in [0.717, 1.165) is 10.5 Å². The highest BCUT2D eigenvalue weighted by Crippen LogP contribution is 2.18. The fourth-order valence-electron chi connectivity index (χ4n) is 2.16. The number of amides is 3. The van der Waals surface area contributed by atoms with Gasteiger partial charge in [-0.2, -0.15) is 0 Å². The highest BCUT2D eigenvalue weighted by Gasteiger charge is 2.33. The first kappa shape index (κ1) is 14.0. The van der Waals surface area contributed by atoms with Gasteiger partial charge in [-0.05, 0) is 25.0 Å². The summed E-state index contributed by atoms with van der Waals surface area (Å²) in [6, 6.07) is 4.48. The van der Waals surface area contributed by atoms with Crippen LogP contribution in [-0.2, 0) is 9.59 Å². The molecule has 20 heavy (non-hydrogen) atoms. The van der Waals surface area contributed by atoms with Gasteiger partial charge < -0.3 is 11.1 Å². The van der Waals surface area contributed by atoms with Gasteiger partial charge in [0.25, 0.3) is 11.8 Å². The smallest absolute Gasteiger partial charge is 0.254 e. The summed E-state index contributed by atoms with van der Waals surface area (Å²) in [4.78, 5) is 36.5. The van der Waals surface area contributed by atoms with E-state index in [2.05, 4.69) is 5.32 Å². The van der Waals surface area contributed by atoms with Gasteiger partial charge in [0.05, 0.1) is 5.56 Å². The zero-order valence-electron chi connectivity index (χ0n) is 11.5. The van der Waals surface area contributed by atoms with Crippen molar-refractivity contribution in [1.82, 2.24) is 10.2 Å². The summed E-state index contributed by atoms with van der Waals surface area (Å²) in [5, 5.41) is 2.64. The first-order valence-corrected chi connectivity index (χ1v) is 6.38. The van der Waals surface area contributed by atoms with Crippen LogP contribution in [0.2, 0.25) is 0 Å². The van der Waals surface area contributed by atoms with Gasteiger partial charge in [0.15, 0.2) is 0 Å². The van der Waals surface area contributed by atoms with Gasteiger partial charge in [-0.15, -0.1) is 0 Å². The Labute approximate surface area is 116 Å². The third kappa shape index (κ3) is 2.49. The Morgan fingerprint density at radius 1 is 1.40 bits per heavy atom. The average molecular weight is 275 g/mol. The zero-order valence-corrected chi connectivity index (χ0v) is 11.5. The lowest BCUT2D eigenvalue weighted by Crippen LogP contribution is -2.53. The van der Waals surface area contributed by atoms with Gasteiger partial charge in [-0.1, -0.05) is 12.1 Å². The van der Waals surface area contributed by atoms with E-state index in [9.17, 15) is 14.4 Å². The molecule has 1 fully saturated rings. The predicted octanol–water partition coefficient (Wildman–Crippen LogP) is 0.454. The Morgan fingerprint density at radius 2 is 2.10 bits per heavy atom. The molecule has 106 valence electrons. The van der Waals surface area contributed by atoms with Crippen LogP contribution in [0, 0.1) is 6.92 Å². The molecular weight excluding hydrogens is 258 g/mol. The normalized spacial score (nSPS) is 19.1. The van der Waals surface area contributed by atoms with Crippen molar-refractivity contribution in [2.24, 2.45) is 0 Å². The molecule has 0 saturated carbocycles. The van der Waals surface area contributed by atoms with E-state index in [-0.39, 0.29) is 18.2 Å². The van der Waals surface area contributed by atoms with Crippen LogP contribution in [0.15, 0.2) is 18.2 Å². The van der Waals surface area contributed by atoms with Crippen molar-refractivity contribution >= 4 is 23.4 Å². The number of hydrogen-bond acceptors (Lipinski definition) is 4. The molecule has 1 saturated heterocycles. The molecule has 0 radical (unpaired) electrons. The fraction of sp³-hybridized carbons (Fsp3) is 0.357. The summed E-state index contributed by atoms with van der Waals surface area (Å²) in [5.74, 6) is -1.01. The van der Waals surface area contributed by atoms with E-state index >= 15 is 0 Å². The number of nitrogens with zero attached hydrogens (tertiary/aromatic N) is 1. The van der Waals surface area contributed by atoms with Crippen molar-refractivity contribution in [3.05, 3.63) is 29.3 Å². The number of anilines is 1. The first-order chi connectivity index (χ1) is 9.41. The number of imide groups is 1. The third-order valence-electron chi connectivity index (χ3n) is 3.52. The molecule has 1 aliphatic heterocycles. The number of carbonyl (C=O) groups excluding carboxylic acids is 3. The lowest BCUT2D eigenvalue weighted by atomic mass is 10.0. The number of para-hydroxylation sites is 1. The Bertz CT molecular complexity index is 583. The van der Waals surface area contributed by atoms with Crippen LogP contribution < -0.4 is 11.1 Å². The molecule has 0 aliphatic carbocycles. The molecule has 1 aliphatic rings. The molecule has 6 heteroatoms. The number of rotatable bonds is 2. The summed E-state index contributed by atoms with van der Waals surface area (Å²) in [6.07, 6.45) is 0.565. The highest BCUT2D eigenvalue weighted by atomic mass is 16.2. The highest BCUT2D eigenvalue weighted by molar-refractivity contribution is 6.05. The number of hydrogen-bond donors (Lipinski definition) is 2. The Hall–Kier alpha value is -2.37. The quantitative estimate of drug-likeness (QED) is 0.605. The number of benzene rings is 1. The number of nitrogens with one attached hydrogen (secondary N) is 1. The molecule has 3 amide bonds. The van der Waals surface area contributed by atoms with Crippen molar-refractivity contribution in [3.8, 4) is 0 Å². The maximum Gasteiger partial charge on any atom is 0.254 e. The van der Waals surface area contributed by atoms with Gasteiger partial charge in [0.1, 0.15) is 6.04 Å². The van der Waals surface area contributed by atoms with Crippen LogP contribution in [0.1, 0.15) is 28.8 Å². The maximum absolute atomic E-state index is 12.2. The van der Waals surface area contributed by atoms with Crippen molar-refractivity contribution in [2.75, 3.05) is 12.8 Å². The summed E-state index contributed by atoms with van der Waals surface area (Å²) >= 11 is 0. The SMILES string of the molecule is Cc1cccc(C(=O)NC2CCC(=O)N(C)C2=O)c1N. The minimum Gasteiger partial charge on any atom is -0.398 e. The molecule has 6 nitrogen and oxygen atoms in total. The minimum absolute atomic E-state index is 0.226. The number of carbonyl (C=O) groups is 3. The number of likely N-dealkylation sites (N-methyl/N-ethyl adjacent to an activating group) is 1. The van der Waals surface area contributed by atoms with Gasteiger partial charge in [-0.3, -0.25) is 19.3 Å². The number of nitrogen functional groups attached to an aromatic ring is 1. The van der Waals surface area contributed by atoms with Crippen molar-refractivity contribution in [3.63, 3.8) is 0 Å². The van der Waals surface area contributed by atoms with E-state index < -0.39 is 11.9 Å². The molecule has 0 spiro atoms. The van der Waals surface area contributed by atoms with Crippen molar-refractivity contribution < 1.29 is 14.4 Å². The zero-order chi connectivity index (χ0) is 14.9. The van der Waals surface area contributed by atoms with Crippen LogP contribution >= 0.6 is 0 Å². The number of nitrogens with two attached hydrogens (primary N) is 1. The molecule has 2 rings (SSSR count). The molecule has 1 unspecified atom stereocenters. The van der Waals surface area contributed by atoms with Crippen LogP contribution in [0.3, 0.4) is 0 Å². The lowest BCUT2D eigenvalue weighted by Gasteiger charge is -2.28. The van der Waals surface area contributed by atoms with Gasteiger partial charge >= 0.3 is 0 Å². The van der Waals surface area contributed by atoms with E-state index in [4.69, 9.17) is 5.73 Å². The summed E-state index contributed by atoms with van der Waals surface area (Å²) < 4.78 is 0. The second-order valence-electron chi connectivity index (χ2n) is 4.89. The number of aryl methyl sites for hydroxylation is 1. The third-order valence-corrected chi connectivity index (χ3v) is 3.52. The molecule has 0 aromatic heterocycles. The topological polar surface area (TPSA) is 92.5 Å². The van der Waals surface area contributed by atoms with Crippen molar-refractivity contribution in [1.29, 1.82) is 0 Å². The maximum atomic E-state index is 12.2. The molecule has 1 aromatic carbocycles. The van der Waals surface area contributed by atoms with Crippen LogP contribution in [0.25, 0.3) is 0 Å². The van der Waals surface area contributed by atoms with E-state index in [1.165, 1.54) is 7.05 Å². The first-order valence-electron chi connectivity index (χ1n) is 6.38. The fourth-order valence-corrected chi connectivity index (χ4v) is 2.16. The molecule has 1 aromatic rings. The van der Waals surface area contributed by atoms with Crippen molar-refractivity contribution in [2.45, 2.75) is 25.8 Å². The van der Waals surface area contributed by atoms with Crippen LogP contribution in [0.5, 0.6) is 0 Å². The minimum atomic E-state index is -0.676. The average Bonchev–Trinajstić information content (AvgIpc) is 2.42. The Balaban J connectivity index is 2.14. The second kappa shape index (κ2) is 5.32. The second-order valence-corrected chi connectivity index (χ2v) is 4.89. The summed E-state index contributed by atoms with van der Waals surface area (Å²) in [7, 11) is 1.42. The van der Waals surface area contributed by atoms with Crippen LogP contribution in [0.4, 0.5) is 5.69 Å². The largest absolute Gasteiger partial charge is 0.398 e. The van der Waals surface area contributed by atoms with Gasteiger partial charge in [0.2, 0.25) is 5.91 Å². The Morgan fingerprint density at radius 3 is 2.80 bits per heavy atom. The number of piperidine rings is 1. The molecule has 1 atom stereocenters. The molecular formula is C14H17N3O3. The predicted molar refractivity (Wildman–Crippen MR) is 73.9 cm³/mol. The lowest BCUT2D eigenvalue weighted by molar-refractivity contribution is -0.147. The Kier molecular flexibility index (Phi) is 3.74.